The van der Waals surface area contributed by atoms with Crippen LogP contribution in [0, 0.1) is 20.8 Å². The molecule has 3 aromatic rings. The zero-order valence-corrected chi connectivity index (χ0v) is 22.6. The zero-order valence-electron chi connectivity index (χ0n) is 22.6. The van der Waals surface area contributed by atoms with Crippen LogP contribution in [0.3, 0.4) is 0 Å². The molecule has 0 spiro atoms. The van der Waals surface area contributed by atoms with Gasteiger partial charge in [-0.15, -0.1) is 0 Å². The molecule has 2 aromatic carbocycles. The number of piperidine rings is 1. The predicted octanol–water partition coefficient (Wildman–Crippen LogP) is 3.81. The summed E-state index contributed by atoms with van der Waals surface area (Å²) in [6.07, 6.45) is 5.38. The summed E-state index contributed by atoms with van der Waals surface area (Å²) in [5.41, 5.74) is 6.11. The first-order valence-corrected chi connectivity index (χ1v) is 13.6. The minimum atomic E-state index is -0.126. The second-order valence-electron chi connectivity index (χ2n) is 10.5. The third-order valence-corrected chi connectivity index (χ3v) is 7.99. The van der Waals surface area contributed by atoms with Gasteiger partial charge in [-0.3, -0.25) is 4.79 Å². The van der Waals surface area contributed by atoms with E-state index in [0.29, 0.717) is 25.7 Å². The third-order valence-electron chi connectivity index (χ3n) is 7.99. The molecule has 8 nitrogen and oxygen atoms in total. The quantitative estimate of drug-likeness (QED) is 0.518. The van der Waals surface area contributed by atoms with E-state index in [-0.39, 0.29) is 18.6 Å². The molecule has 2 saturated heterocycles. The van der Waals surface area contributed by atoms with Crippen molar-refractivity contribution >= 4 is 23.1 Å². The number of benzene rings is 2. The minimum absolute atomic E-state index is 0.00501. The monoisotopic (exact) mass is 514 g/mol. The van der Waals surface area contributed by atoms with E-state index in [1.54, 1.807) is 12.5 Å². The molecule has 2 aliphatic heterocycles. The van der Waals surface area contributed by atoms with E-state index in [1.165, 1.54) is 0 Å². The molecular weight excluding hydrogens is 476 g/mol. The highest BCUT2D eigenvalue weighted by Gasteiger charge is 2.32. The van der Waals surface area contributed by atoms with Crippen LogP contribution in [0.2, 0.25) is 0 Å². The molecule has 2 fully saturated rings. The van der Waals surface area contributed by atoms with Crippen molar-refractivity contribution in [2.24, 2.45) is 0 Å². The van der Waals surface area contributed by atoms with Crippen molar-refractivity contribution in [3.05, 3.63) is 77.2 Å². The average molecular weight is 515 g/mol. The van der Waals surface area contributed by atoms with Crippen LogP contribution >= 0.6 is 0 Å². The van der Waals surface area contributed by atoms with Crippen molar-refractivity contribution in [1.29, 1.82) is 0 Å². The van der Waals surface area contributed by atoms with E-state index in [1.807, 2.05) is 36.1 Å². The maximum atomic E-state index is 13.9. The summed E-state index contributed by atoms with van der Waals surface area (Å²) in [5, 5.41) is 13.9. The van der Waals surface area contributed by atoms with Crippen LogP contribution < -0.4 is 15.1 Å². The molecule has 5 rings (SSSR count). The number of nitrogens with zero attached hydrogens (tertiary/aromatic N) is 5. The van der Waals surface area contributed by atoms with Gasteiger partial charge in [0.2, 0.25) is 0 Å². The Hall–Kier alpha value is -3.65. The lowest BCUT2D eigenvalue weighted by molar-refractivity contribution is 0.0698. The molecule has 3 heterocycles. The van der Waals surface area contributed by atoms with Gasteiger partial charge in [0.25, 0.3) is 5.91 Å². The number of aryl methyl sites for hydroxylation is 2. The van der Waals surface area contributed by atoms with Crippen LogP contribution in [0.25, 0.3) is 0 Å². The Kier molecular flexibility index (Phi) is 7.79. The van der Waals surface area contributed by atoms with Crippen molar-refractivity contribution in [2.75, 3.05) is 54.4 Å². The molecule has 0 aliphatic carbocycles. The fourth-order valence-corrected chi connectivity index (χ4v) is 5.98. The Morgan fingerprint density at radius 2 is 1.79 bits per heavy atom. The highest BCUT2D eigenvalue weighted by atomic mass is 16.3. The Morgan fingerprint density at radius 1 is 1.03 bits per heavy atom. The van der Waals surface area contributed by atoms with Crippen molar-refractivity contribution in [1.82, 2.24) is 14.9 Å². The molecule has 1 aromatic heterocycles. The lowest BCUT2D eigenvalue weighted by atomic mass is 9.94. The number of carbonyl (C=O) groups excluding carboxylic acids is 1. The number of amides is 1. The number of aliphatic hydroxyl groups excluding tert-OH is 1. The molecule has 1 atom stereocenters. The molecule has 38 heavy (non-hydrogen) atoms. The first kappa shape index (κ1) is 26.0. The summed E-state index contributed by atoms with van der Waals surface area (Å²) in [7, 11) is 0. The van der Waals surface area contributed by atoms with E-state index in [9.17, 15) is 9.90 Å². The topological polar surface area (TPSA) is 84.8 Å². The van der Waals surface area contributed by atoms with Gasteiger partial charge in [0.15, 0.2) is 0 Å². The summed E-state index contributed by atoms with van der Waals surface area (Å²) in [4.78, 5) is 28.7. The fourth-order valence-electron chi connectivity index (χ4n) is 5.98. The summed E-state index contributed by atoms with van der Waals surface area (Å²) < 4.78 is 0. The molecule has 0 radical (unpaired) electrons. The number of aliphatic hydroxyl groups is 1. The van der Waals surface area contributed by atoms with Crippen LogP contribution in [-0.2, 0) is 0 Å². The molecule has 1 amide bonds. The highest BCUT2D eigenvalue weighted by Crippen LogP contribution is 2.31. The third kappa shape index (κ3) is 5.31. The number of hydrogen-bond donors (Lipinski definition) is 2. The van der Waals surface area contributed by atoms with Gasteiger partial charge in [0.05, 0.1) is 12.6 Å². The number of aromatic nitrogens is 2. The maximum Gasteiger partial charge on any atom is 0.254 e. The van der Waals surface area contributed by atoms with Gasteiger partial charge in [0, 0.05) is 61.9 Å². The first-order valence-electron chi connectivity index (χ1n) is 13.6. The Bertz CT molecular complexity index is 1240. The molecule has 200 valence electrons. The standard InChI is InChI=1S/C30H38N6O2/c1-21-17-22(2)29(33-24-10-13-34(14-11-24)27-9-12-31-20-32-27)23(3)28(21)30(38)35-15-16-36(26(18-35)19-37)25-7-5-4-6-8-25/h4-9,12,17,20,24,26,33,37H,10-11,13-16,18-19H2,1-3H3/t26-/m0/s1. The van der Waals surface area contributed by atoms with Crippen molar-refractivity contribution in [3.63, 3.8) is 0 Å². The largest absolute Gasteiger partial charge is 0.394 e. The number of hydrogen-bond acceptors (Lipinski definition) is 7. The number of nitrogens with one attached hydrogen (secondary N) is 1. The summed E-state index contributed by atoms with van der Waals surface area (Å²) in [6.45, 7) is 9.90. The zero-order chi connectivity index (χ0) is 26.6. The SMILES string of the molecule is Cc1cc(C)c(C(=O)N2CCN(c3ccccc3)[C@H](CO)C2)c(C)c1NC1CCN(c2ccncn2)CC1. The summed E-state index contributed by atoms with van der Waals surface area (Å²) in [6, 6.07) is 14.4. The van der Waals surface area contributed by atoms with Crippen LogP contribution in [0.5, 0.6) is 0 Å². The van der Waals surface area contributed by atoms with Gasteiger partial charge in [-0.2, -0.15) is 0 Å². The van der Waals surface area contributed by atoms with Gasteiger partial charge >= 0.3 is 0 Å². The second kappa shape index (κ2) is 11.4. The molecule has 0 bridgehead atoms. The van der Waals surface area contributed by atoms with E-state index in [2.05, 4.69) is 57.1 Å². The van der Waals surface area contributed by atoms with Crippen molar-refractivity contribution < 1.29 is 9.90 Å². The summed E-state index contributed by atoms with van der Waals surface area (Å²) >= 11 is 0. The molecule has 2 N–H and O–H groups in total. The Morgan fingerprint density at radius 3 is 2.47 bits per heavy atom. The van der Waals surface area contributed by atoms with Gasteiger partial charge in [-0.05, 0) is 68.5 Å². The number of carbonyl (C=O) groups is 1. The van der Waals surface area contributed by atoms with Crippen LogP contribution in [-0.4, -0.2) is 77.3 Å². The molecule has 8 heteroatoms. The van der Waals surface area contributed by atoms with Crippen molar-refractivity contribution in [2.45, 2.75) is 45.7 Å². The van der Waals surface area contributed by atoms with E-state index >= 15 is 0 Å². The van der Waals surface area contributed by atoms with Crippen LogP contribution in [0.15, 0.2) is 55.0 Å². The lowest BCUT2D eigenvalue weighted by Crippen LogP contribution is -2.56. The average Bonchev–Trinajstić information content (AvgIpc) is 2.96. The van der Waals surface area contributed by atoms with Gasteiger partial charge in [-0.25, -0.2) is 9.97 Å². The van der Waals surface area contributed by atoms with Gasteiger partial charge in [0.1, 0.15) is 12.1 Å². The predicted molar refractivity (Wildman–Crippen MR) is 152 cm³/mol. The highest BCUT2D eigenvalue weighted by molar-refractivity contribution is 5.99. The molecule has 2 aliphatic rings. The van der Waals surface area contributed by atoms with E-state index in [4.69, 9.17) is 0 Å². The van der Waals surface area contributed by atoms with E-state index < -0.39 is 0 Å². The van der Waals surface area contributed by atoms with Crippen LogP contribution in [0.1, 0.15) is 39.9 Å². The second-order valence-corrected chi connectivity index (χ2v) is 10.5. The van der Waals surface area contributed by atoms with E-state index in [0.717, 1.165) is 65.4 Å². The number of anilines is 3. The maximum absolute atomic E-state index is 13.9. The van der Waals surface area contributed by atoms with Crippen molar-refractivity contribution in [3.8, 4) is 0 Å². The summed E-state index contributed by atoms with van der Waals surface area (Å²) in [5.74, 6) is 1.02. The minimum Gasteiger partial charge on any atom is -0.394 e. The molecule has 0 unspecified atom stereocenters. The number of para-hydroxylation sites is 1. The number of piperazine rings is 1. The van der Waals surface area contributed by atoms with Gasteiger partial charge < -0.3 is 25.1 Å². The van der Waals surface area contributed by atoms with Crippen LogP contribution in [0.4, 0.5) is 17.2 Å². The van der Waals surface area contributed by atoms with Gasteiger partial charge in [-0.1, -0.05) is 24.3 Å². The Balaban J connectivity index is 1.30. The Labute approximate surface area is 225 Å². The molecular formula is C30H38N6O2. The first-order chi connectivity index (χ1) is 18.5. The molecule has 0 saturated carbocycles. The smallest absolute Gasteiger partial charge is 0.254 e. The normalized spacial score (nSPS) is 18.5. The lowest BCUT2D eigenvalue weighted by Gasteiger charge is -2.42. The number of rotatable bonds is 6. The fraction of sp³-hybridized carbons (Fsp3) is 0.433.